The first kappa shape index (κ1) is 10.9. The minimum atomic E-state index is 0.117. The molecule has 2 aliphatic carbocycles. The Hall–Kier alpha value is -1.22. The van der Waals surface area contributed by atoms with Gasteiger partial charge < -0.3 is 15.5 Å². The molecule has 3 N–H and O–H groups in total. The summed E-state index contributed by atoms with van der Waals surface area (Å²) in [6.45, 7) is 0.694. The second-order valence-corrected chi connectivity index (χ2v) is 5.48. The Bertz CT molecular complexity index is 419. The molecule has 0 heterocycles. The summed E-state index contributed by atoms with van der Waals surface area (Å²) in [6, 6.07) is 5.43. The zero-order valence-corrected chi connectivity index (χ0v) is 9.89. The SMILES string of the molecule is Oc1ccc(CNC2CC3CCC2C3)c(O)c1. The smallest absolute Gasteiger partial charge is 0.123 e. The van der Waals surface area contributed by atoms with Gasteiger partial charge in [-0.3, -0.25) is 0 Å². The van der Waals surface area contributed by atoms with E-state index in [-0.39, 0.29) is 11.5 Å². The summed E-state index contributed by atoms with van der Waals surface area (Å²) in [5, 5.41) is 22.5. The lowest BCUT2D eigenvalue weighted by molar-refractivity contribution is 0.348. The van der Waals surface area contributed by atoms with Gasteiger partial charge in [-0.15, -0.1) is 0 Å². The van der Waals surface area contributed by atoms with Crippen molar-refractivity contribution in [1.82, 2.24) is 5.32 Å². The maximum absolute atomic E-state index is 9.70. The lowest BCUT2D eigenvalue weighted by Crippen LogP contribution is -2.33. The summed E-state index contributed by atoms with van der Waals surface area (Å²) >= 11 is 0. The summed E-state index contributed by atoms with van der Waals surface area (Å²) in [4.78, 5) is 0. The molecule has 3 nitrogen and oxygen atoms in total. The molecule has 0 radical (unpaired) electrons. The van der Waals surface area contributed by atoms with E-state index in [1.807, 2.05) is 0 Å². The van der Waals surface area contributed by atoms with Crippen LogP contribution >= 0.6 is 0 Å². The molecule has 3 unspecified atom stereocenters. The maximum atomic E-state index is 9.70. The number of phenols is 2. The van der Waals surface area contributed by atoms with Crippen molar-refractivity contribution in [2.24, 2.45) is 11.8 Å². The van der Waals surface area contributed by atoms with Gasteiger partial charge in [0, 0.05) is 24.2 Å². The van der Waals surface area contributed by atoms with Crippen LogP contribution in [0.5, 0.6) is 11.5 Å². The van der Waals surface area contributed by atoms with Gasteiger partial charge in [0.15, 0.2) is 0 Å². The summed E-state index contributed by atoms with van der Waals surface area (Å²) in [7, 11) is 0. The third-order valence-electron chi connectivity index (χ3n) is 4.36. The lowest BCUT2D eigenvalue weighted by atomic mass is 9.95. The summed E-state index contributed by atoms with van der Waals surface area (Å²) in [5.74, 6) is 2.08. The minimum absolute atomic E-state index is 0.117. The maximum Gasteiger partial charge on any atom is 0.123 e. The molecule has 0 aromatic heterocycles. The van der Waals surface area contributed by atoms with Crippen LogP contribution in [0.2, 0.25) is 0 Å². The molecular weight excluding hydrogens is 214 g/mol. The van der Waals surface area contributed by atoms with E-state index in [2.05, 4.69) is 5.32 Å². The molecule has 92 valence electrons. The monoisotopic (exact) mass is 233 g/mol. The highest BCUT2D eigenvalue weighted by atomic mass is 16.3. The fourth-order valence-corrected chi connectivity index (χ4v) is 3.44. The van der Waals surface area contributed by atoms with Crippen molar-refractivity contribution in [3.05, 3.63) is 23.8 Å². The molecule has 2 aliphatic rings. The highest BCUT2D eigenvalue weighted by Crippen LogP contribution is 2.44. The molecule has 3 atom stereocenters. The van der Waals surface area contributed by atoms with Crippen molar-refractivity contribution >= 4 is 0 Å². The average molecular weight is 233 g/mol. The predicted octanol–water partition coefficient (Wildman–Crippen LogP) is 2.38. The molecule has 2 bridgehead atoms. The van der Waals surface area contributed by atoms with Crippen LogP contribution in [0.15, 0.2) is 18.2 Å². The van der Waals surface area contributed by atoms with E-state index in [9.17, 15) is 10.2 Å². The Morgan fingerprint density at radius 3 is 2.71 bits per heavy atom. The van der Waals surface area contributed by atoms with Crippen LogP contribution in [0, 0.1) is 11.8 Å². The van der Waals surface area contributed by atoms with Crippen LogP contribution in [0.3, 0.4) is 0 Å². The number of fused-ring (bicyclic) bond motifs is 2. The molecule has 2 saturated carbocycles. The van der Waals surface area contributed by atoms with E-state index in [1.54, 1.807) is 12.1 Å². The normalized spacial score (nSPS) is 30.9. The van der Waals surface area contributed by atoms with E-state index >= 15 is 0 Å². The molecule has 0 aliphatic heterocycles. The van der Waals surface area contributed by atoms with Crippen LogP contribution in [-0.2, 0) is 6.54 Å². The van der Waals surface area contributed by atoms with Gasteiger partial charge >= 0.3 is 0 Å². The van der Waals surface area contributed by atoms with E-state index in [4.69, 9.17) is 0 Å². The molecule has 2 fully saturated rings. The van der Waals surface area contributed by atoms with Gasteiger partial charge in [0.25, 0.3) is 0 Å². The molecule has 17 heavy (non-hydrogen) atoms. The van der Waals surface area contributed by atoms with Crippen molar-refractivity contribution < 1.29 is 10.2 Å². The third-order valence-corrected chi connectivity index (χ3v) is 4.36. The van der Waals surface area contributed by atoms with Crippen molar-refractivity contribution in [2.45, 2.75) is 38.3 Å². The number of aromatic hydroxyl groups is 2. The zero-order chi connectivity index (χ0) is 11.8. The summed E-state index contributed by atoms with van der Waals surface area (Å²) in [5.41, 5.74) is 0.866. The van der Waals surface area contributed by atoms with Gasteiger partial charge in [-0.1, -0.05) is 12.5 Å². The van der Waals surface area contributed by atoms with Crippen LogP contribution in [0.25, 0.3) is 0 Å². The largest absolute Gasteiger partial charge is 0.508 e. The van der Waals surface area contributed by atoms with Crippen molar-refractivity contribution in [3.63, 3.8) is 0 Å². The van der Waals surface area contributed by atoms with Crippen LogP contribution in [0.4, 0.5) is 0 Å². The summed E-state index contributed by atoms with van der Waals surface area (Å²) < 4.78 is 0. The highest BCUT2D eigenvalue weighted by Gasteiger charge is 2.38. The topological polar surface area (TPSA) is 52.5 Å². The molecular formula is C14H19NO2. The van der Waals surface area contributed by atoms with Crippen molar-refractivity contribution in [3.8, 4) is 11.5 Å². The molecule has 0 saturated heterocycles. The second kappa shape index (κ2) is 4.22. The van der Waals surface area contributed by atoms with E-state index in [1.165, 1.54) is 31.7 Å². The minimum Gasteiger partial charge on any atom is -0.508 e. The van der Waals surface area contributed by atoms with Crippen LogP contribution in [-0.4, -0.2) is 16.3 Å². The number of hydrogen-bond acceptors (Lipinski definition) is 3. The number of nitrogens with one attached hydrogen (secondary N) is 1. The zero-order valence-electron chi connectivity index (χ0n) is 9.89. The molecule has 3 heteroatoms. The fraction of sp³-hybridized carbons (Fsp3) is 0.571. The molecule has 3 rings (SSSR count). The number of phenolic OH excluding ortho intramolecular Hbond substituents is 2. The van der Waals surface area contributed by atoms with Gasteiger partial charge in [-0.25, -0.2) is 0 Å². The van der Waals surface area contributed by atoms with Crippen LogP contribution in [0.1, 0.15) is 31.2 Å². The third kappa shape index (κ3) is 2.12. The molecule has 1 aromatic carbocycles. The van der Waals surface area contributed by atoms with Gasteiger partial charge in [-0.05, 0) is 37.2 Å². The van der Waals surface area contributed by atoms with E-state index in [0.717, 1.165) is 17.4 Å². The van der Waals surface area contributed by atoms with Gasteiger partial charge in [0.1, 0.15) is 11.5 Å². The number of hydrogen-bond donors (Lipinski definition) is 3. The second-order valence-electron chi connectivity index (χ2n) is 5.48. The molecule has 0 spiro atoms. The first-order valence-electron chi connectivity index (χ1n) is 6.46. The lowest BCUT2D eigenvalue weighted by Gasteiger charge is -2.23. The number of benzene rings is 1. The Morgan fingerprint density at radius 1 is 1.18 bits per heavy atom. The van der Waals surface area contributed by atoms with Crippen molar-refractivity contribution in [2.75, 3.05) is 0 Å². The van der Waals surface area contributed by atoms with Gasteiger partial charge in [-0.2, -0.15) is 0 Å². The fourth-order valence-electron chi connectivity index (χ4n) is 3.44. The van der Waals surface area contributed by atoms with E-state index < -0.39 is 0 Å². The predicted molar refractivity (Wildman–Crippen MR) is 65.8 cm³/mol. The molecule has 0 amide bonds. The Morgan fingerprint density at radius 2 is 2.06 bits per heavy atom. The Kier molecular flexibility index (Phi) is 2.71. The quantitative estimate of drug-likeness (QED) is 0.751. The first-order valence-corrected chi connectivity index (χ1v) is 6.46. The standard InChI is InChI=1S/C14H19NO2/c16-12-4-3-11(14(17)7-12)8-15-13-6-9-1-2-10(13)5-9/h3-4,7,9-10,13,15-17H,1-2,5-6,8H2. The van der Waals surface area contributed by atoms with E-state index in [0.29, 0.717) is 12.6 Å². The highest BCUT2D eigenvalue weighted by molar-refractivity contribution is 5.38. The van der Waals surface area contributed by atoms with Gasteiger partial charge in [0.2, 0.25) is 0 Å². The number of rotatable bonds is 3. The Labute approximate surface area is 101 Å². The average Bonchev–Trinajstić information content (AvgIpc) is 2.89. The van der Waals surface area contributed by atoms with Gasteiger partial charge in [0.05, 0.1) is 0 Å². The van der Waals surface area contributed by atoms with Crippen LogP contribution < -0.4 is 5.32 Å². The van der Waals surface area contributed by atoms with Crippen molar-refractivity contribution in [1.29, 1.82) is 0 Å². The first-order chi connectivity index (χ1) is 8.22. The molecule has 1 aromatic rings. The summed E-state index contributed by atoms with van der Waals surface area (Å²) in [6.07, 6.45) is 5.46. The Balaban J connectivity index is 1.60.